The maximum Gasteiger partial charge on any atom is 0.471 e. The van der Waals surface area contributed by atoms with Gasteiger partial charge in [0.05, 0.1) is 0 Å². The van der Waals surface area contributed by atoms with Gasteiger partial charge in [-0.15, -0.1) is 0 Å². The third-order valence-electron chi connectivity index (χ3n) is 4.28. The molecule has 140 valence electrons. The lowest BCUT2D eigenvalue weighted by molar-refractivity contribution is -0.159. The highest BCUT2D eigenvalue weighted by Crippen LogP contribution is 2.29. The van der Waals surface area contributed by atoms with Crippen LogP contribution in [0.25, 0.3) is 11.4 Å². The van der Waals surface area contributed by atoms with Crippen molar-refractivity contribution in [3.63, 3.8) is 0 Å². The molecule has 1 fully saturated rings. The zero-order valence-corrected chi connectivity index (χ0v) is 14.3. The van der Waals surface area contributed by atoms with E-state index in [-0.39, 0.29) is 11.9 Å². The molecule has 1 aliphatic heterocycles. The number of carbonyl (C=O) groups is 1. The van der Waals surface area contributed by atoms with Crippen molar-refractivity contribution in [3.8, 4) is 11.4 Å². The SMILES string of the molecule is CCN(Cc1ccc(-c2noc(C(F)(F)F)n2)cc1)C(=O)N1CCCC1. The predicted molar refractivity (Wildman–Crippen MR) is 87.0 cm³/mol. The Morgan fingerprint density at radius 1 is 1.23 bits per heavy atom. The van der Waals surface area contributed by atoms with E-state index in [9.17, 15) is 18.0 Å². The van der Waals surface area contributed by atoms with Gasteiger partial charge in [-0.25, -0.2) is 4.79 Å². The van der Waals surface area contributed by atoms with E-state index in [1.54, 1.807) is 29.2 Å². The monoisotopic (exact) mass is 368 g/mol. The lowest BCUT2D eigenvalue weighted by atomic mass is 10.1. The van der Waals surface area contributed by atoms with Crippen LogP contribution >= 0.6 is 0 Å². The van der Waals surface area contributed by atoms with Gasteiger partial charge in [-0.1, -0.05) is 29.4 Å². The van der Waals surface area contributed by atoms with Crippen molar-refractivity contribution in [2.45, 2.75) is 32.5 Å². The molecule has 26 heavy (non-hydrogen) atoms. The normalized spacial score (nSPS) is 14.7. The van der Waals surface area contributed by atoms with Crippen LogP contribution < -0.4 is 0 Å². The van der Waals surface area contributed by atoms with Crippen LogP contribution in [0.15, 0.2) is 28.8 Å². The fourth-order valence-corrected chi connectivity index (χ4v) is 2.86. The molecule has 0 N–H and O–H groups in total. The fraction of sp³-hybridized carbons (Fsp3) is 0.471. The molecule has 2 amide bonds. The summed E-state index contributed by atoms with van der Waals surface area (Å²) < 4.78 is 41.8. The van der Waals surface area contributed by atoms with Gasteiger partial charge in [0.2, 0.25) is 5.82 Å². The second kappa shape index (κ2) is 7.35. The predicted octanol–water partition coefficient (Wildman–Crippen LogP) is 3.79. The van der Waals surface area contributed by atoms with Gasteiger partial charge in [0, 0.05) is 31.7 Å². The molecule has 2 heterocycles. The van der Waals surface area contributed by atoms with E-state index in [1.165, 1.54) is 0 Å². The van der Waals surface area contributed by atoms with Crippen LogP contribution in [0.5, 0.6) is 0 Å². The molecular formula is C17H19F3N4O2. The lowest BCUT2D eigenvalue weighted by Gasteiger charge is -2.27. The molecule has 0 unspecified atom stereocenters. The van der Waals surface area contributed by atoms with Gasteiger partial charge in [0.25, 0.3) is 0 Å². The van der Waals surface area contributed by atoms with Crippen LogP contribution in [0.2, 0.25) is 0 Å². The van der Waals surface area contributed by atoms with E-state index in [0.717, 1.165) is 31.5 Å². The van der Waals surface area contributed by atoms with Crippen molar-refractivity contribution in [2.75, 3.05) is 19.6 Å². The lowest BCUT2D eigenvalue weighted by Crippen LogP contribution is -2.41. The molecule has 1 saturated heterocycles. The highest BCUT2D eigenvalue weighted by molar-refractivity contribution is 5.74. The molecule has 2 aromatic rings. The number of aromatic nitrogens is 2. The summed E-state index contributed by atoms with van der Waals surface area (Å²) in [6, 6.07) is 6.75. The zero-order chi connectivity index (χ0) is 18.7. The number of nitrogens with zero attached hydrogens (tertiary/aromatic N) is 4. The van der Waals surface area contributed by atoms with Gasteiger partial charge in [-0.3, -0.25) is 0 Å². The molecule has 6 nitrogen and oxygen atoms in total. The quantitative estimate of drug-likeness (QED) is 0.824. The Morgan fingerprint density at radius 2 is 1.88 bits per heavy atom. The third-order valence-corrected chi connectivity index (χ3v) is 4.28. The summed E-state index contributed by atoms with van der Waals surface area (Å²) >= 11 is 0. The van der Waals surface area contributed by atoms with Crippen molar-refractivity contribution < 1.29 is 22.5 Å². The highest BCUT2D eigenvalue weighted by atomic mass is 19.4. The molecule has 3 rings (SSSR count). The molecular weight excluding hydrogens is 349 g/mol. The first-order chi connectivity index (χ1) is 12.4. The average molecular weight is 368 g/mol. The number of alkyl halides is 3. The minimum absolute atomic E-state index is 0.0158. The van der Waals surface area contributed by atoms with Crippen molar-refractivity contribution in [1.82, 2.24) is 19.9 Å². The van der Waals surface area contributed by atoms with Crippen LogP contribution in [-0.4, -0.2) is 45.6 Å². The van der Waals surface area contributed by atoms with E-state index in [4.69, 9.17) is 0 Å². The summed E-state index contributed by atoms with van der Waals surface area (Å²) in [5, 5.41) is 3.36. The van der Waals surface area contributed by atoms with E-state index < -0.39 is 12.1 Å². The van der Waals surface area contributed by atoms with Gasteiger partial charge < -0.3 is 14.3 Å². The van der Waals surface area contributed by atoms with Crippen LogP contribution in [0.1, 0.15) is 31.2 Å². The Kier molecular flexibility index (Phi) is 5.15. The van der Waals surface area contributed by atoms with Gasteiger partial charge in [-0.2, -0.15) is 18.2 Å². The summed E-state index contributed by atoms with van der Waals surface area (Å²) in [6.07, 6.45) is -2.60. The molecule has 9 heteroatoms. The number of amides is 2. The molecule has 1 aromatic carbocycles. The fourth-order valence-electron chi connectivity index (χ4n) is 2.86. The Bertz CT molecular complexity index is 752. The van der Waals surface area contributed by atoms with Gasteiger partial charge in [0.1, 0.15) is 0 Å². The molecule has 0 radical (unpaired) electrons. The first-order valence-corrected chi connectivity index (χ1v) is 8.42. The molecule has 1 aliphatic rings. The number of likely N-dealkylation sites (tertiary alicyclic amines) is 1. The molecule has 0 spiro atoms. The Morgan fingerprint density at radius 3 is 2.42 bits per heavy atom. The third kappa shape index (κ3) is 3.97. The van der Waals surface area contributed by atoms with E-state index >= 15 is 0 Å². The number of hydrogen-bond acceptors (Lipinski definition) is 4. The first-order valence-electron chi connectivity index (χ1n) is 8.42. The maximum atomic E-state index is 12.5. The van der Waals surface area contributed by atoms with E-state index in [1.807, 2.05) is 11.8 Å². The smallest absolute Gasteiger partial charge is 0.329 e. The van der Waals surface area contributed by atoms with Crippen LogP contribution in [0.4, 0.5) is 18.0 Å². The summed E-state index contributed by atoms with van der Waals surface area (Å²) in [6.45, 7) is 4.50. The summed E-state index contributed by atoms with van der Waals surface area (Å²) in [5.41, 5.74) is 1.30. The molecule has 0 atom stereocenters. The summed E-state index contributed by atoms with van der Waals surface area (Å²) in [5.74, 6) is -1.49. The maximum absolute atomic E-state index is 12.5. The number of urea groups is 1. The number of rotatable bonds is 4. The van der Waals surface area contributed by atoms with Crippen LogP contribution in [0.3, 0.4) is 0 Å². The average Bonchev–Trinajstić information content (AvgIpc) is 3.30. The second-order valence-electron chi connectivity index (χ2n) is 6.11. The molecule has 1 aromatic heterocycles. The minimum atomic E-state index is -4.66. The number of carbonyl (C=O) groups excluding carboxylic acids is 1. The van der Waals surface area contributed by atoms with Crippen molar-refractivity contribution in [3.05, 3.63) is 35.7 Å². The zero-order valence-electron chi connectivity index (χ0n) is 14.3. The standard InChI is InChI=1S/C17H19F3N4O2/c1-2-23(16(25)24-9-3-4-10-24)11-12-5-7-13(8-6-12)14-21-15(26-22-14)17(18,19)20/h5-8H,2-4,9-11H2,1H3. The topological polar surface area (TPSA) is 62.5 Å². The van der Waals surface area contributed by atoms with Crippen molar-refractivity contribution in [1.29, 1.82) is 0 Å². The van der Waals surface area contributed by atoms with Gasteiger partial charge >= 0.3 is 18.1 Å². The molecule has 0 saturated carbocycles. The summed E-state index contributed by atoms with van der Waals surface area (Å²) in [4.78, 5) is 19.4. The Balaban J connectivity index is 1.68. The summed E-state index contributed by atoms with van der Waals surface area (Å²) in [7, 11) is 0. The molecule has 0 bridgehead atoms. The van der Waals surface area contributed by atoms with Crippen LogP contribution in [-0.2, 0) is 12.7 Å². The van der Waals surface area contributed by atoms with E-state index in [0.29, 0.717) is 18.7 Å². The molecule has 0 aliphatic carbocycles. The van der Waals surface area contributed by atoms with Crippen molar-refractivity contribution >= 4 is 6.03 Å². The van der Waals surface area contributed by atoms with Gasteiger partial charge in [-0.05, 0) is 25.3 Å². The van der Waals surface area contributed by atoms with E-state index in [2.05, 4.69) is 14.7 Å². The number of halogens is 3. The Hall–Kier alpha value is -2.58. The first kappa shape index (κ1) is 18.2. The van der Waals surface area contributed by atoms with Crippen LogP contribution in [0, 0.1) is 0 Å². The minimum Gasteiger partial charge on any atom is -0.329 e. The number of benzene rings is 1. The second-order valence-corrected chi connectivity index (χ2v) is 6.11. The Labute approximate surface area is 148 Å². The van der Waals surface area contributed by atoms with Crippen molar-refractivity contribution in [2.24, 2.45) is 0 Å². The number of hydrogen-bond donors (Lipinski definition) is 0. The largest absolute Gasteiger partial charge is 0.471 e. The highest BCUT2D eigenvalue weighted by Gasteiger charge is 2.38. The van der Waals surface area contributed by atoms with Gasteiger partial charge in [0.15, 0.2) is 0 Å².